The summed E-state index contributed by atoms with van der Waals surface area (Å²) in [5.41, 5.74) is 2.03. The molecular weight excluding hydrogens is 236 g/mol. The quantitative estimate of drug-likeness (QED) is 0.788. The van der Waals surface area contributed by atoms with Gasteiger partial charge in [0.25, 0.3) is 0 Å². The molecule has 19 heavy (non-hydrogen) atoms. The largest absolute Gasteiger partial charge is 0.324 e. The van der Waals surface area contributed by atoms with Crippen molar-refractivity contribution in [3.63, 3.8) is 0 Å². The first-order valence-electron chi connectivity index (χ1n) is 7.39. The number of anilines is 1. The Labute approximate surface area is 115 Å². The standard InChI is InChI=1S/C16H24N2O/c1-3-5-8-12(4-2)11-17-15-13-9-6-7-10-14(13)18-16(15)19/h6-7,9-10,12,15,17H,3-5,8,11H2,1-2H3,(H,18,19). The Bertz CT molecular complexity index is 431. The van der Waals surface area contributed by atoms with Crippen molar-refractivity contribution in [3.05, 3.63) is 29.8 Å². The fraction of sp³-hybridized carbons (Fsp3) is 0.562. The Morgan fingerprint density at radius 1 is 1.32 bits per heavy atom. The molecule has 1 aliphatic heterocycles. The van der Waals surface area contributed by atoms with E-state index < -0.39 is 0 Å². The zero-order chi connectivity index (χ0) is 13.7. The maximum atomic E-state index is 12.0. The van der Waals surface area contributed by atoms with Crippen molar-refractivity contribution >= 4 is 11.6 Å². The topological polar surface area (TPSA) is 41.1 Å². The minimum Gasteiger partial charge on any atom is -0.324 e. The minimum absolute atomic E-state index is 0.0755. The van der Waals surface area contributed by atoms with E-state index in [-0.39, 0.29) is 11.9 Å². The second-order valence-corrected chi connectivity index (χ2v) is 5.33. The lowest BCUT2D eigenvalue weighted by molar-refractivity contribution is -0.117. The van der Waals surface area contributed by atoms with Gasteiger partial charge in [-0.25, -0.2) is 0 Å². The second-order valence-electron chi connectivity index (χ2n) is 5.33. The molecule has 0 spiro atoms. The first-order chi connectivity index (χ1) is 9.26. The Balaban J connectivity index is 1.94. The van der Waals surface area contributed by atoms with Crippen molar-refractivity contribution in [2.24, 2.45) is 5.92 Å². The lowest BCUT2D eigenvalue weighted by Gasteiger charge is -2.18. The predicted octanol–water partition coefficient (Wildman–Crippen LogP) is 3.49. The molecular formula is C16H24N2O. The van der Waals surface area contributed by atoms with E-state index in [2.05, 4.69) is 24.5 Å². The van der Waals surface area contributed by atoms with Gasteiger partial charge in [-0.1, -0.05) is 51.3 Å². The minimum atomic E-state index is -0.174. The van der Waals surface area contributed by atoms with Crippen LogP contribution in [0.3, 0.4) is 0 Å². The predicted molar refractivity (Wildman–Crippen MR) is 79.1 cm³/mol. The van der Waals surface area contributed by atoms with E-state index in [1.54, 1.807) is 0 Å². The summed E-state index contributed by atoms with van der Waals surface area (Å²) < 4.78 is 0. The van der Waals surface area contributed by atoms with Crippen LogP contribution in [-0.4, -0.2) is 12.5 Å². The third kappa shape index (κ3) is 3.35. The molecule has 0 aliphatic carbocycles. The van der Waals surface area contributed by atoms with Gasteiger partial charge in [0.1, 0.15) is 6.04 Å². The van der Waals surface area contributed by atoms with Gasteiger partial charge in [0.15, 0.2) is 0 Å². The van der Waals surface area contributed by atoms with Crippen molar-refractivity contribution in [2.75, 3.05) is 11.9 Å². The third-order valence-corrected chi connectivity index (χ3v) is 3.95. The fourth-order valence-corrected chi connectivity index (χ4v) is 2.64. The van der Waals surface area contributed by atoms with Crippen LogP contribution in [0.5, 0.6) is 0 Å². The molecule has 1 aromatic carbocycles. The summed E-state index contributed by atoms with van der Waals surface area (Å²) in [5, 5.41) is 6.37. The summed E-state index contributed by atoms with van der Waals surface area (Å²) in [6.45, 7) is 5.37. The van der Waals surface area contributed by atoms with E-state index in [4.69, 9.17) is 0 Å². The SMILES string of the molecule is CCCCC(CC)CNC1C(=O)Nc2ccccc21. The molecule has 0 saturated carbocycles. The van der Waals surface area contributed by atoms with Gasteiger partial charge in [-0.05, 0) is 24.9 Å². The number of fused-ring (bicyclic) bond motifs is 1. The van der Waals surface area contributed by atoms with Gasteiger partial charge in [0.05, 0.1) is 0 Å². The smallest absolute Gasteiger partial charge is 0.246 e. The molecule has 3 nitrogen and oxygen atoms in total. The van der Waals surface area contributed by atoms with Crippen molar-refractivity contribution in [3.8, 4) is 0 Å². The zero-order valence-electron chi connectivity index (χ0n) is 11.9. The molecule has 2 rings (SSSR count). The van der Waals surface area contributed by atoms with Gasteiger partial charge < -0.3 is 10.6 Å². The first-order valence-corrected chi connectivity index (χ1v) is 7.39. The summed E-state index contributed by atoms with van der Waals surface area (Å²) in [5.74, 6) is 0.743. The molecule has 0 radical (unpaired) electrons. The Morgan fingerprint density at radius 3 is 2.84 bits per heavy atom. The van der Waals surface area contributed by atoms with Crippen LogP contribution in [0.2, 0.25) is 0 Å². The van der Waals surface area contributed by atoms with E-state index in [9.17, 15) is 4.79 Å². The van der Waals surface area contributed by atoms with Crippen LogP contribution in [0.4, 0.5) is 5.69 Å². The van der Waals surface area contributed by atoms with E-state index >= 15 is 0 Å². The number of carbonyl (C=O) groups is 1. The Kier molecular flexibility index (Phi) is 4.97. The van der Waals surface area contributed by atoms with Gasteiger partial charge in [-0.2, -0.15) is 0 Å². The van der Waals surface area contributed by atoms with E-state index in [0.29, 0.717) is 5.92 Å². The molecule has 104 valence electrons. The highest BCUT2D eigenvalue weighted by molar-refractivity contribution is 6.02. The highest BCUT2D eigenvalue weighted by Crippen LogP contribution is 2.30. The Hall–Kier alpha value is -1.35. The van der Waals surface area contributed by atoms with Crippen LogP contribution in [0.15, 0.2) is 24.3 Å². The first kappa shape index (κ1) is 14.1. The highest BCUT2D eigenvalue weighted by atomic mass is 16.2. The number of unbranched alkanes of at least 4 members (excludes halogenated alkanes) is 1. The van der Waals surface area contributed by atoms with Gasteiger partial charge in [-0.3, -0.25) is 4.79 Å². The van der Waals surface area contributed by atoms with Gasteiger partial charge in [0, 0.05) is 11.3 Å². The summed E-state index contributed by atoms with van der Waals surface area (Å²) in [6.07, 6.45) is 4.93. The number of carbonyl (C=O) groups excluding carboxylic acids is 1. The number of hydrogen-bond acceptors (Lipinski definition) is 2. The molecule has 2 atom stereocenters. The number of hydrogen-bond donors (Lipinski definition) is 2. The fourth-order valence-electron chi connectivity index (χ4n) is 2.64. The van der Waals surface area contributed by atoms with Gasteiger partial charge >= 0.3 is 0 Å². The van der Waals surface area contributed by atoms with Crippen molar-refractivity contribution < 1.29 is 4.79 Å². The van der Waals surface area contributed by atoms with E-state index in [0.717, 1.165) is 17.8 Å². The molecule has 1 aliphatic rings. The van der Waals surface area contributed by atoms with Crippen LogP contribution in [-0.2, 0) is 4.79 Å². The number of rotatable bonds is 7. The lowest BCUT2D eigenvalue weighted by Crippen LogP contribution is -2.31. The summed E-state index contributed by atoms with van der Waals surface area (Å²) in [4.78, 5) is 12.0. The number of para-hydroxylation sites is 1. The molecule has 2 unspecified atom stereocenters. The highest BCUT2D eigenvalue weighted by Gasteiger charge is 2.29. The summed E-state index contributed by atoms with van der Waals surface area (Å²) in [7, 11) is 0. The van der Waals surface area contributed by atoms with Crippen LogP contribution < -0.4 is 10.6 Å². The third-order valence-electron chi connectivity index (χ3n) is 3.95. The average Bonchev–Trinajstić information content (AvgIpc) is 2.75. The number of nitrogens with one attached hydrogen (secondary N) is 2. The summed E-state index contributed by atoms with van der Waals surface area (Å²) >= 11 is 0. The molecule has 0 aromatic heterocycles. The van der Waals surface area contributed by atoms with Crippen LogP contribution in [0.1, 0.15) is 51.1 Å². The summed E-state index contributed by atoms with van der Waals surface area (Å²) in [6, 6.07) is 7.76. The normalized spacial score (nSPS) is 19.1. The second kappa shape index (κ2) is 6.71. The molecule has 1 amide bonds. The number of amides is 1. The van der Waals surface area contributed by atoms with Crippen molar-refractivity contribution in [2.45, 2.75) is 45.6 Å². The van der Waals surface area contributed by atoms with E-state index in [1.165, 1.54) is 25.7 Å². The maximum absolute atomic E-state index is 12.0. The van der Waals surface area contributed by atoms with Crippen molar-refractivity contribution in [1.29, 1.82) is 0 Å². The molecule has 2 N–H and O–H groups in total. The van der Waals surface area contributed by atoms with Crippen LogP contribution >= 0.6 is 0 Å². The average molecular weight is 260 g/mol. The maximum Gasteiger partial charge on any atom is 0.246 e. The molecule has 0 bridgehead atoms. The number of benzene rings is 1. The monoisotopic (exact) mass is 260 g/mol. The molecule has 0 saturated heterocycles. The van der Waals surface area contributed by atoms with Crippen molar-refractivity contribution in [1.82, 2.24) is 5.32 Å². The molecule has 1 aromatic rings. The van der Waals surface area contributed by atoms with E-state index in [1.807, 2.05) is 24.3 Å². The molecule has 1 heterocycles. The van der Waals surface area contributed by atoms with Crippen LogP contribution in [0.25, 0.3) is 0 Å². The van der Waals surface area contributed by atoms with Crippen LogP contribution in [0, 0.1) is 5.92 Å². The lowest BCUT2D eigenvalue weighted by atomic mass is 9.98. The zero-order valence-corrected chi connectivity index (χ0v) is 11.9. The Morgan fingerprint density at radius 2 is 2.11 bits per heavy atom. The molecule has 3 heteroatoms. The molecule has 0 fully saturated rings. The van der Waals surface area contributed by atoms with Gasteiger partial charge in [0.2, 0.25) is 5.91 Å². The van der Waals surface area contributed by atoms with Gasteiger partial charge in [-0.15, -0.1) is 0 Å².